The minimum atomic E-state index is -1.79. The van der Waals surface area contributed by atoms with Crippen LogP contribution in [0.3, 0.4) is 0 Å². The van der Waals surface area contributed by atoms with Gasteiger partial charge in [-0.25, -0.2) is 0 Å². The molecule has 0 aromatic rings. The average Bonchev–Trinajstić information content (AvgIpc) is 0.794. The Labute approximate surface area is 577 Å². The van der Waals surface area contributed by atoms with Crippen molar-refractivity contribution in [2.24, 2.45) is 0 Å². The highest BCUT2D eigenvalue weighted by atomic mass is 16.7. The van der Waals surface area contributed by atoms with Gasteiger partial charge in [-0.2, -0.15) is 0 Å². The zero-order valence-corrected chi connectivity index (χ0v) is 61.0. The lowest BCUT2D eigenvalue weighted by molar-refractivity contribution is -0.359. The minimum Gasteiger partial charge on any atom is -0.394 e. The molecule has 2 aliphatic heterocycles. The molecule has 1 amide bonds. The van der Waals surface area contributed by atoms with E-state index in [-0.39, 0.29) is 18.9 Å². The highest BCUT2D eigenvalue weighted by molar-refractivity contribution is 5.76. The molecule has 0 aliphatic carbocycles. The number of hydrogen-bond donors (Lipinski definition) is 9. The Bertz CT molecular complexity index is 1670. The van der Waals surface area contributed by atoms with Gasteiger partial charge in [-0.1, -0.05) is 372 Å². The molecule has 0 bridgehead atoms. The van der Waals surface area contributed by atoms with Gasteiger partial charge in [0.1, 0.15) is 48.8 Å². The number of hydrogen-bond acceptors (Lipinski definition) is 13. The zero-order valence-electron chi connectivity index (χ0n) is 61.0. The molecule has 2 aliphatic rings. The first kappa shape index (κ1) is 88.6. The summed E-state index contributed by atoms with van der Waals surface area (Å²) in [5.74, 6) is -0.240. The van der Waals surface area contributed by atoms with Gasteiger partial charge in [0.05, 0.1) is 32.0 Å². The summed E-state index contributed by atoms with van der Waals surface area (Å²) in [6.07, 6.45) is 67.0. The van der Waals surface area contributed by atoms with Gasteiger partial charge in [0, 0.05) is 6.42 Å². The number of ether oxygens (including phenoxy) is 4. The van der Waals surface area contributed by atoms with Crippen LogP contribution in [0, 0.1) is 0 Å². The third kappa shape index (κ3) is 47.5. The minimum absolute atomic E-state index is 0.240. The molecule has 2 fully saturated rings. The van der Waals surface area contributed by atoms with Crippen molar-refractivity contribution in [3.8, 4) is 0 Å². The lowest BCUT2D eigenvalue weighted by atomic mass is 9.97. The van der Waals surface area contributed by atoms with Crippen LogP contribution in [0.25, 0.3) is 0 Å². The van der Waals surface area contributed by atoms with Crippen LogP contribution in [0.2, 0.25) is 0 Å². The summed E-state index contributed by atoms with van der Waals surface area (Å²) in [6.45, 7) is 2.86. The average molecular weight is 1340 g/mol. The van der Waals surface area contributed by atoms with Gasteiger partial charge >= 0.3 is 0 Å². The molecule has 0 radical (unpaired) electrons. The third-order valence-electron chi connectivity index (χ3n) is 20.1. The van der Waals surface area contributed by atoms with Crippen molar-refractivity contribution in [1.82, 2.24) is 5.32 Å². The van der Waals surface area contributed by atoms with E-state index in [9.17, 15) is 45.6 Å². The molecule has 14 heteroatoms. The van der Waals surface area contributed by atoms with Crippen molar-refractivity contribution < 1.29 is 64.6 Å². The van der Waals surface area contributed by atoms with Gasteiger partial charge in [0.25, 0.3) is 0 Å². The van der Waals surface area contributed by atoms with E-state index in [0.29, 0.717) is 12.8 Å². The summed E-state index contributed by atoms with van der Waals surface area (Å²) < 4.78 is 22.9. The van der Waals surface area contributed by atoms with Crippen molar-refractivity contribution in [2.45, 2.75) is 460 Å². The summed E-state index contributed by atoms with van der Waals surface area (Å²) in [5, 5.41) is 87.7. The van der Waals surface area contributed by atoms with E-state index in [2.05, 4.69) is 31.3 Å². The van der Waals surface area contributed by atoms with Crippen molar-refractivity contribution >= 4 is 5.91 Å². The van der Waals surface area contributed by atoms with E-state index < -0.39 is 86.8 Å². The summed E-state index contributed by atoms with van der Waals surface area (Å²) in [6, 6.07) is -0.930. The van der Waals surface area contributed by atoms with Gasteiger partial charge in [0.15, 0.2) is 12.6 Å². The van der Waals surface area contributed by atoms with E-state index in [1.807, 2.05) is 6.08 Å². The van der Waals surface area contributed by atoms with Crippen molar-refractivity contribution in [3.05, 3.63) is 24.3 Å². The Hall–Kier alpha value is -1.53. The second-order valence-corrected chi connectivity index (χ2v) is 28.9. The molecule has 14 nitrogen and oxygen atoms in total. The van der Waals surface area contributed by atoms with Gasteiger partial charge in [-0.3, -0.25) is 4.79 Å². The molecule has 12 unspecified atom stereocenters. The molecular weight excluding hydrogens is 1180 g/mol. The number of unbranched alkanes of at least 4 members (excludes halogenated alkanes) is 54. The lowest BCUT2D eigenvalue weighted by Crippen LogP contribution is -2.65. The van der Waals surface area contributed by atoms with Crippen LogP contribution in [-0.4, -0.2) is 140 Å². The number of nitrogens with one attached hydrogen (secondary N) is 1. The lowest BCUT2D eigenvalue weighted by Gasteiger charge is -2.46. The summed E-state index contributed by atoms with van der Waals surface area (Å²) in [7, 11) is 0. The Balaban J connectivity index is 1.62. The molecule has 556 valence electrons. The third-order valence-corrected chi connectivity index (χ3v) is 20.1. The maximum Gasteiger partial charge on any atom is 0.220 e. The predicted molar refractivity (Wildman–Crippen MR) is 388 cm³/mol. The first-order valence-electron chi connectivity index (χ1n) is 40.6. The highest BCUT2D eigenvalue weighted by Crippen LogP contribution is 2.30. The number of allylic oxidation sites excluding steroid dienone is 3. The Morgan fingerprint density at radius 3 is 1.04 bits per heavy atom. The van der Waals surface area contributed by atoms with Gasteiger partial charge in [-0.15, -0.1) is 0 Å². The fraction of sp³-hybridized carbons (Fsp3) is 0.938. The smallest absolute Gasteiger partial charge is 0.220 e. The van der Waals surface area contributed by atoms with Crippen LogP contribution in [0.4, 0.5) is 0 Å². The van der Waals surface area contributed by atoms with E-state index in [0.717, 1.165) is 32.1 Å². The summed E-state index contributed by atoms with van der Waals surface area (Å²) in [5.41, 5.74) is 0. The van der Waals surface area contributed by atoms with E-state index >= 15 is 0 Å². The number of carbonyl (C=O) groups excluding carboxylic acids is 1. The van der Waals surface area contributed by atoms with Crippen LogP contribution < -0.4 is 5.32 Å². The molecule has 0 aromatic heterocycles. The molecule has 2 heterocycles. The van der Waals surface area contributed by atoms with E-state index in [1.165, 1.54) is 321 Å². The highest BCUT2D eigenvalue weighted by Gasteiger charge is 2.51. The zero-order chi connectivity index (χ0) is 68.0. The second-order valence-electron chi connectivity index (χ2n) is 28.9. The van der Waals surface area contributed by atoms with Crippen LogP contribution in [0.1, 0.15) is 386 Å². The number of carbonyl (C=O) groups is 1. The molecular formula is C80H153NO13. The fourth-order valence-corrected chi connectivity index (χ4v) is 13.7. The number of amides is 1. The first-order chi connectivity index (χ1) is 46.1. The van der Waals surface area contributed by atoms with E-state index in [1.54, 1.807) is 6.08 Å². The largest absolute Gasteiger partial charge is 0.394 e. The van der Waals surface area contributed by atoms with Gasteiger partial charge in [-0.05, 0) is 32.1 Å². The maximum absolute atomic E-state index is 13.4. The Kier molecular flexibility index (Phi) is 61.1. The number of aliphatic hydroxyl groups is 8. The van der Waals surface area contributed by atoms with Crippen molar-refractivity contribution in [1.29, 1.82) is 0 Å². The molecule has 9 N–H and O–H groups in total. The summed E-state index contributed by atoms with van der Waals surface area (Å²) >= 11 is 0. The maximum atomic E-state index is 13.4. The monoisotopic (exact) mass is 1340 g/mol. The topological polar surface area (TPSA) is 228 Å². The Morgan fingerprint density at radius 2 is 0.681 bits per heavy atom. The normalized spacial score (nSPS) is 22.5. The van der Waals surface area contributed by atoms with Crippen molar-refractivity contribution in [3.63, 3.8) is 0 Å². The SMILES string of the molecule is CCCCCCCCCCCCCCCCCCCCCCCCCC/C=C/CC/C=C/C(O)C(COC1OC(CO)C(OC2OC(CO)C(O)C(O)C2O)C(O)C1O)NC(=O)CCCCCCCCCCCCCCCCCCCCCCCCCCCCCCCC. The van der Waals surface area contributed by atoms with Gasteiger partial charge in [0.2, 0.25) is 5.91 Å². The summed E-state index contributed by atoms with van der Waals surface area (Å²) in [4.78, 5) is 13.4. The molecule has 0 aromatic carbocycles. The molecule has 12 atom stereocenters. The molecule has 2 rings (SSSR count). The van der Waals surface area contributed by atoms with E-state index in [4.69, 9.17) is 18.9 Å². The van der Waals surface area contributed by atoms with Gasteiger partial charge < -0.3 is 65.1 Å². The van der Waals surface area contributed by atoms with Crippen LogP contribution in [-0.2, 0) is 23.7 Å². The van der Waals surface area contributed by atoms with Crippen molar-refractivity contribution in [2.75, 3.05) is 19.8 Å². The quantitative estimate of drug-likeness (QED) is 0.0204. The molecule has 2 saturated heterocycles. The predicted octanol–water partition coefficient (Wildman–Crippen LogP) is 18.3. The number of rotatable bonds is 69. The Morgan fingerprint density at radius 1 is 0.372 bits per heavy atom. The standard InChI is InChI=1S/C80H153NO13/c1-3-5-7-9-11-13-15-17-19-21-23-25-27-29-31-33-35-37-39-41-43-45-47-49-51-53-55-57-59-61-63-69(84)68(67-91-79-77(90)75(88)78(71(66-83)93-79)94-80-76(89)74(87)73(86)70(65-82)92-80)81-72(85)64-62-60-58-56-54-52-50-48-46-44-42-40-38-36-34-32-30-28-26-24-22-20-18-16-14-12-10-8-6-4-2/h53,55,61,63,68-71,73-80,82-84,86-90H,3-52,54,56-60,62,64-67H2,1-2H3,(H,81,85)/b55-53+,63-61+. The number of aliphatic hydroxyl groups excluding tert-OH is 8. The van der Waals surface area contributed by atoms with Crippen LogP contribution >= 0.6 is 0 Å². The molecule has 94 heavy (non-hydrogen) atoms. The molecule has 0 spiro atoms. The van der Waals surface area contributed by atoms with Crippen LogP contribution in [0.5, 0.6) is 0 Å². The first-order valence-corrected chi connectivity index (χ1v) is 40.6. The molecule has 0 saturated carbocycles. The second kappa shape index (κ2) is 64.8. The fourth-order valence-electron chi connectivity index (χ4n) is 13.7. The van der Waals surface area contributed by atoms with Crippen LogP contribution in [0.15, 0.2) is 24.3 Å².